The van der Waals surface area contributed by atoms with E-state index in [1.807, 2.05) is 30.3 Å². The number of nitrogens with one attached hydrogen (secondary N) is 1. The topological polar surface area (TPSA) is 75.4 Å². The van der Waals surface area contributed by atoms with Gasteiger partial charge in [0.05, 0.1) is 6.61 Å². The zero-order valence-electron chi connectivity index (χ0n) is 9.96. The second-order valence-electron chi connectivity index (χ2n) is 3.96. The second-order valence-corrected chi connectivity index (χ2v) is 3.96. The van der Waals surface area contributed by atoms with Gasteiger partial charge in [-0.05, 0) is 19.1 Å². The maximum atomic E-state index is 11.7. The predicted octanol–water partition coefficient (Wildman–Crippen LogP) is 1.45. The second kappa shape index (κ2) is 5.46. The van der Waals surface area contributed by atoms with E-state index in [0.29, 0.717) is 5.89 Å². The normalized spacial score (nSPS) is 12.1. The minimum atomic E-state index is -0.359. The molecule has 2 N–H and O–H groups in total. The largest absolute Gasteiger partial charge is 0.444 e. The van der Waals surface area contributed by atoms with Gasteiger partial charge in [0.1, 0.15) is 6.26 Å². The van der Waals surface area contributed by atoms with Gasteiger partial charge in [-0.3, -0.25) is 4.79 Å². The molecule has 1 unspecified atom stereocenters. The zero-order valence-corrected chi connectivity index (χ0v) is 9.96. The van der Waals surface area contributed by atoms with Crippen molar-refractivity contribution in [2.75, 3.05) is 6.61 Å². The minimum Gasteiger partial charge on any atom is -0.444 e. The Morgan fingerprint density at radius 1 is 1.44 bits per heavy atom. The maximum absolute atomic E-state index is 11.7. The third kappa shape index (κ3) is 2.75. The van der Waals surface area contributed by atoms with Crippen molar-refractivity contribution in [1.82, 2.24) is 10.3 Å². The van der Waals surface area contributed by atoms with Crippen molar-refractivity contribution in [3.8, 4) is 11.5 Å². The van der Waals surface area contributed by atoms with Crippen molar-refractivity contribution in [1.29, 1.82) is 0 Å². The van der Waals surface area contributed by atoms with Crippen molar-refractivity contribution in [2.24, 2.45) is 0 Å². The van der Waals surface area contributed by atoms with Gasteiger partial charge in [-0.1, -0.05) is 18.2 Å². The van der Waals surface area contributed by atoms with E-state index < -0.39 is 0 Å². The molecule has 2 aromatic rings. The molecule has 1 aromatic heterocycles. The maximum Gasteiger partial charge on any atom is 0.273 e. The smallest absolute Gasteiger partial charge is 0.273 e. The van der Waals surface area contributed by atoms with E-state index in [0.717, 1.165) is 5.56 Å². The molecule has 1 atom stereocenters. The average molecular weight is 246 g/mol. The van der Waals surface area contributed by atoms with Crippen LogP contribution in [0, 0.1) is 0 Å². The molecule has 1 amide bonds. The molecule has 0 spiro atoms. The minimum absolute atomic E-state index is 0.116. The highest BCUT2D eigenvalue weighted by Crippen LogP contribution is 2.17. The number of amides is 1. The Kier molecular flexibility index (Phi) is 3.74. The molecule has 5 heteroatoms. The van der Waals surface area contributed by atoms with E-state index in [1.54, 1.807) is 6.92 Å². The van der Waals surface area contributed by atoms with Crippen molar-refractivity contribution >= 4 is 5.91 Å². The Morgan fingerprint density at radius 2 is 2.17 bits per heavy atom. The first-order valence-corrected chi connectivity index (χ1v) is 5.63. The first-order chi connectivity index (χ1) is 8.70. The van der Waals surface area contributed by atoms with Crippen LogP contribution in [0.2, 0.25) is 0 Å². The number of aromatic nitrogens is 1. The zero-order chi connectivity index (χ0) is 13.0. The quantitative estimate of drug-likeness (QED) is 0.856. The van der Waals surface area contributed by atoms with Gasteiger partial charge < -0.3 is 14.8 Å². The molecule has 2 rings (SSSR count). The number of oxazole rings is 1. The summed E-state index contributed by atoms with van der Waals surface area (Å²) in [4.78, 5) is 15.8. The monoisotopic (exact) mass is 246 g/mol. The molecular weight excluding hydrogens is 232 g/mol. The number of hydrogen-bond donors (Lipinski definition) is 2. The Hall–Kier alpha value is -2.14. The molecule has 18 heavy (non-hydrogen) atoms. The van der Waals surface area contributed by atoms with Crippen LogP contribution in [-0.2, 0) is 0 Å². The summed E-state index contributed by atoms with van der Waals surface area (Å²) in [7, 11) is 0. The number of rotatable bonds is 4. The van der Waals surface area contributed by atoms with Crippen LogP contribution in [0.4, 0.5) is 0 Å². The molecule has 94 valence electrons. The number of nitrogens with zero attached hydrogens (tertiary/aromatic N) is 1. The van der Waals surface area contributed by atoms with Crippen LogP contribution in [0.15, 0.2) is 41.0 Å². The number of hydrogen-bond acceptors (Lipinski definition) is 4. The van der Waals surface area contributed by atoms with Crippen LogP contribution in [-0.4, -0.2) is 28.6 Å². The molecule has 1 heterocycles. The third-order valence-electron chi connectivity index (χ3n) is 2.41. The van der Waals surface area contributed by atoms with Gasteiger partial charge in [-0.2, -0.15) is 0 Å². The fraction of sp³-hybridized carbons (Fsp3) is 0.231. The molecule has 5 nitrogen and oxygen atoms in total. The van der Waals surface area contributed by atoms with Crippen molar-refractivity contribution < 1.29 is 14.3 Å². The molecule has 0 saturated heterocycles. The molecule has 0 fully saturated rings. The lowest BCUT2D eigenvalue weighted by Crippen LogP contribution is -2.35. The summed E-state index contributed by atoms with van der Waals surface area (Å²) >= 11 is 0. The summed E-state index contributed by atoms with van der Waals surface area (Å²) in [5, 5.41) is 11.5. The Morgan fingerprint density at radius 3 is 2.83 bits per heavy atom. The Balaban J connectivity index is 2.13. The van der Waals surface area contributed by atoms with Crippen LogP contribution < -0.4 is 5.32 Å². The number of carbonyl (C=O) groups excluding carboxylic acids is 1. The first kappa shape index (κ1) is 12.3. The molecule has 0 bridgehead atoms. The van der Waals surface area contributed by atoms with E-state index in [9.17, 15) is 4.79 Å². The van der Waals surface area contributed by atoms with Gasteiger partial charge in [-0.25, -0.2) is 4.98 Å². The molecule has 0 aliphatic heterocycles. The van der Waals surface area contributed by atoms with E-state index >= 15 is 0 Å². The van der Waals surface area contributed by atoms with Crippen molar-refractivity contribution in [3.63, 3.8) is 0 Å². The van der Waals surface area contributed by atoms with Crippen molar-refractivity contribution in [3.05, 3.63) is 42.3 Å². The van der Waals surface area contributed by atoms with E-state index in [4.69, 9.17) is 9.52 Å². The molecular formula is C13H14N2O3. The highest BCUT2D eigenvalue weighted by atomic mass is 16.3. The van der Waals surface area contributed by atoms with Crippen LogP contribution in [0.25, 0.3) is 11.5 Å². The highest BCUT2D eigenvalue weighted by Gasteiger charge is 2.14. The van der Waals surface area contributed by atoms with Crippen molar-refractivity contribution in [2.45, 2.75) is 13.0 Å². The van der Waals surface area contributed by atoms with E-state index in [2.05, 4.69) is 10.3 Å². The lowest BCUT2D eigenvalue weighted by molar-refractivity contribution is 0.0917. The van der Waals surface area contributed by atoms with E-state index in [-0.39, 0.29) is 24.2 Å². The lowest BCUT2D eigenvalue weighted by atomic mass is 10.2. The highest BCUT2D eigenvalue weighted by molar-refractivity contribution is 5.92. The first-order valence-electron chi connectivity index (χ1n) is 5.63. The molecule has 0 saturated carbocycles. The summed E-state index contributed by atoms with van der Waals surface area (Å²) < 4.78 is 5.25. The fourth-order valence-corrected chi connectivity index (χ4v) is 1.43. The summed E-state index contributed by atoms with van der Waals surface area (Å²) in [5.74, 6) is 0.0416. The van der Waals surface area contributed by atoms with Crippen LogP contribution in [0.5, 0.6) is 0 Å². The van der Waals surface area contributed by atoms with Crippen LogP contribution in [0.3, 0.4) is 0 Å². The van der Waals surface area contributed by atoms with Gasteiger partial charge in [0.15, 0.2) is 5.69 Å². The average Bonchev–Trinajstić information content (AvgIpc) is 2.89. The van der Waals surface area contributed by atoms with Crippen LogP contribution in [0.1, 0.15) is 17.4 Å². The molecule has 0 aliphatic rings. The number of aliphatic hydroxyl groups is 1. The third-order valence-corrected chi connectivity index (χ3v) is 2.41. The van der Waals surface area contributed by atoms with Gasteiger partial charge in [0, 0.05) is 11.6 Å². The molecule has 1 aromatic carbocycles. The standard InChI is InChI=1S/C13H14N2O3/c1-9(7-16)14-12(17)11-8-18-13(15-11)10-5-3-2-4-6-10/h2-6,8-9,16H,7H2,1H3,(H,14,17). The van der Waals surface area contributed by atoms with Gasteiger partial charge in [0.2, 0.25) is 5.89 Å². The summed E-state index contributed by atoms with van der Waals surface area (Å²) in [6.45, 7) is 1.59. The van der Waals surface area contributed by atoms with Crippen LogP contribution >= 0.6 is 0 Å². The SMILES string of the molecule is CC(CO)NC(=O)c1coc(-c2ccccc2)n1. The lowest BCUT2D eigenvalue weighted by Gasteiger charge is -2.08. The predicted molar refractivity (Wildman–Crippen MR) is 66.0 cm³/mol. The van der Waals surface area contributed by atoms with Gasteiger partial charge in [0.25, 0.3) is 5.91 Å². The molecule has 0 aliphatic carbocycles. The molecule has 0 radical (unpaired) electrons. The Labute approximate surface area is 104 Å². The summed E-state index contributed by atoms with van der Waals surface area (Å²) in [6.07, 6.45) is 1.31. The fourth-order valence-electron chi connectivity index (χ4n) is 1.43. The van der Waals surface area contributed by atoms with Gasteiger partial charge in [-0.15, -0.1) is 0 Å². The number of carbonyl (C=O) groups is 1. The Bertz CT molecular complexity index is 522. The number of benzene rings is 1. The summed E-state index contributed by atoms with van der Waals surface area (Å²) in [6, 6.07) is 9.02. The van der Waals surface area contributed by atoms with E-state index in [1.165, 1.54) is 6.26 Å². The summed E-state index contributed by atoms with van der Waals surface area (Å²) in [5.41, 5.74) is 1.01. The number of aliphatic hydroxyl groups excluding tert-OH is 1. The van der Waals surface area contributed by atoms with Gasteiger partial charge >= 0.3 is 0 Å².